The van der Waals surface area contributed by atoms with Crippen molar-refractivity contribution < 1.29 is 9.21 Å². The summed E-state index contributed by atoms with van der Waals surface area (Å²) in [6, 6.07) is 16.8. The smallest absolute Gasteiger partial charge is 0.137 e. The Balaban J connectivity index is 1.47. The fourth-order valence-electron chi connectivity index (χ4n) is 4.40. The molecule has 1 unspecified atom stereocenters. The van der Waals surface area contributed by atoms with Crippen LogP contribution in [-0.2, 0) is 11.3 Å². The molecule has 2 heterocycles. The summed E-state index contributed by atoms with van der Waals surface area (Å²) in [4.78, 5) is 15.0. The van der Waals surface area contributed by atoms with E-state index >= 15 is 0 Å². The van der Waals surface area contributed by atoms with E-state index in [2.05, 4.69) is 47.4 Å². The van der Waals surface area contributed by atoms with Crippen molar-refractivity contribution in [2.24, 2.45) is 5.92 Å². The van der Waals surface area contributed by atoms with E-state index in [0.29, 0.717) is 5.92 Å². The first-order valence-corrected chi connectivity index (χ1v) is 9.44. The molecule has 1 atom stereocenters. The van der Waals surface area contributed by atoms with Gasteiger partial charge in [-0.15, -0.1) is 0 Å². The Morgan fingerprint density at radius 3 is 2.62 bits per heavy atom. The van der Waals surface area contributed by atoms with Gasteiger partial charge in [0.15, 0.2) is 0 Å². The van der Waals surface area contributed by atoms with E-state index in [1.165, 1.54) is 11.1 Å². The molecule has 4 rings (SSSR count). The van der Waals surface area contributed by atoms with Gasteiger partial charge >= 0.3 is 0 Å². The van der Waals surface area contributed by atoms with Crippen molar-refractivity contribution in [1.82, 2.24) is 4.90 Å². The van der Waals surface area contributed by atoms with E-state index in [-0.39, 0.29) is 11.7 Å². The van der Waals surface area contributed by atoms with Gasteiger partial charge in [-0.1, -0.05) is 42.5 Å². The summed E-state index contributed by atoms with van der Waals surface area (Å²) in [6.07, 6.45) is 5.60. The van der Waals surface area contributed by atoms with Crippen molar-refractivity contribution >= 4 is 5.78 Å². The van der Waals surface area contributed by atoms with Crippen LogP contribution in [0.5, 0.6) is 0 Å². The van der Waals surface area contributed by atoms with Crippen LogP contribution in [0.15, 0.2) is 65.5 Å². The maximum absolute atomic E-state index is 12.5. The summed E-state index contributed by atoms with van der Waals surface area (Å²) < 4.78 is 5.27. The molecular weight excluding hydrogens is 322 g/mol. The van der Waals surface area contributed by atoms with Gasteiger partial charge in [0.2, 0.25) is 0 Å². The molecule has 134 valence electrons. The minimum Gasteiger partial charge on any atom is -0.472 e. The Bertz CT molecular complexity index is 830. The lowest BCUT2D eigenvalue weighted by Gasteiger charge is -2.35. The van der Waals surface area contributed by atoms with Crippen LogP contribution in [0.2, 0.25) is 0 Å². The molecule has 2 aliphatic heterocycles. The standard InChI is InChI=1S/C23H25NO2/c1-17(25)23(22-8-7-20-16-26-14-11-21(20)22)19-9-12-24(13-10-19)15-18-5-3-2-4-6-18/h2-8,11,14,16,19,23H,9-10,12-13,15H2,1H3. The molecule has 1 saturated heterocycles. The summed E-state index contributed by atoms with van der Waals surface area (Å²) >= 11 is 0. The first-order valence-electron chi connectivity index (χ1n) is 9.44. The van der Waals surface area contributed by atoms with E-state index in [1.807, 2.05) is 6.07 Å². The topological polar surface area (TPSA) is 33.5 Å². The fourth-order valence-corrected chi connectivity index (χ4v) is 4.40. The molecule has 0 amide bonds. The predicted octanol–water partition coefficient (Wildman–Crippen LogP) is 4.97. The molecule has 1 aromatic carbocycles. The van der Waals surface area contributed by atoms with Crippen molar-refractivity contribution in [3.8, 4) is 11.1 Å². The highest BCUT2D eigenvalue weighted by atomic mass is 16.3. The molecule has 0 N–H and O–H groups in total. The lowest BCUT2D eigenvalue weighted by atomic mass is 9.77. The van der Waals surface area contributed by atoms with E-state index in [1.54, 1.807) is 19.5 Å². The summed E-state index contributed by atoms with van der Waals surface area (Å²) in [6.45, 7) is 4.85. The largest absolute Gasteiger partial charge is 0.472 e. The SMILES string of the molecule is CC(=O)C(c1ccc2coccc1-2)C1CCN(Cc2ccccc2)CC1. The molecule has 3 heteroatoms. The third kappa shape index (κ3) is 3.45. The molecule has 0 aromatic heterocycles. The number of rotatable bonds is 5. The van der Waals surface area contributed by atoms with Gasteiger partial charge in [0.1, 0.15) is 5.78 Å². The van der Waals surface area contributed by atoms with Gasteiger partial charge in [-0.3, -0.25) is 9.69 Å². The average molecular weight is 347 g/mol. The minimum absolute atomic E-state index is 0.00576. The van der Waals surface area contributed by atoms with Crippen molar-refractivity contribution in [2.45, 2.75) is 32.2 Å². The quantitative estimate of drug-likeness (QED) is 0.653. The van der Waals surface area contributed by atoms with Crippen LogP contribution in [0.3, 0.4) is 0 Å². The molecule has 1 fully saturated rings. The van der Waals surface area contributed by atoms with Crippen LogP contribution < -0.4 is 0 Å². The van der Waals surface area contributed by atoms with Gasteiger partial charge in [-0.05, 0) is 61.5 Å². The Hall–Kier alpha value is -2.39. The maximum atomic E-state index is 12.5. The Labute approximate surface area is 155 Å². The monoisotopic (exact) mass is 347 g/mol. The van der Waals surface area contributed by atoms with E-state index in [4.69, 9.17) is 4.42 Å². The lowest BCUT2D eigenvalue weighted by Crippen LogP contribution is -2.36. The molecule has 1 aromatic rings. The number of nitrogens with zero attached hydrogens (tertiary/aromatic N) is 1. The highest BCUT2D eigenvalue weighted by Gasteiger charge is 2.32. The second-order valence-electron chi connectivity index (χ2n) is 7.40. The van der Waals surface area contributed by atoms with Crippen LogP contribution >= 0.6 is 0 Å². The van der Waals surface area contributed by atoms with Crippen LogP contribution in [0.1, 0.15) is 36.8 Å². The number of benzene rings is 1. The summed E-state index contributed by atoms with van der Waals surface area (Å²) in [5.74, 6) is 0.691. The molecule has 0 spiro atoms. The van der Waals surface area contributed by atoms with Crippen molar-refractivity contribution in [3.05, 3.63) is 72.2 Å². The predicted molar refractivity (Wildman–Crippen MR) is 103 cm³/mol. The first-order chi connectivity index (χ1) is 12.7. The first kappa shape index (κ1) is 17.0. The molecular formula is C23H25NO2. The zero-order chi connectivity index (χ0) is 17.9. The number of likely N-dealkylation sites (tertiary alicyclic amines) is 1. The molecule has 3 aliphatic rings. The molecule has 0 saturated carbocycles. The molecule has 1 aliphatic carbocycles. The summed E-state index contributed by atoms with van der Waals surface area (Å²) in [5, 5.41) is 0. The Morgan fingerprint density at radius 1 is 1.12 bits per heavy atom. The Morgan fingerprint density at radius 2 is 1.88 bits per heavy atom. The Kier molecular flexibility index (Phi) is 4.89. The number of fused-ring (bicyclic) bond motifs is 1. The normalized spacial score (nSPS) is 17.4. The van der Waals surface area contributed by atoms with Gasteiger partial charge in [-0.2, -0.15) is 0 Å². The van der Waals surface area contributed by atoms with Gasteiger partial charge < -0.3 is 4.42 Å². The molecule has 3 nitrogen and oxygen atoms in total. The molecule has 0 bridgehead atoms. The van der Waals surface area contributed by atoms with Crippen molar-refractivity contribution in [2.75, 3.05) is 13.1 Å². The molecule has 26 heavy (non-hydrogen) atoms. The van der Waals surface area contributed by atoms with E-state index in [0.717, 1.165) is 43.6 Å². The zero-order valence-corrected chi connectivity index (χ0v) is 15.2. The number of carbonyl (C=O) groups is 1. The highest BCUT2D eigenvalue weighted by molar-refractivity contribution is 5.87. The van der Waals surface area contributed by atoms with Gasteiger partial charge in [0.25, 0.3) is 0 Å². The highest BCUT2D eigenvalue weighted by Crippen LogP contribution is 2.40. The van der Waals surface area contributed by atoms with Gasteiger partial charge in [0.05, 0.1) is 12.5 Å². The average Bonchev–Trinajstić information content (AvgIpc) is 3.08. The second-order valence-corrected chi connectivity index (χ2v) is 7.40. The number of ketones is 1. The van der Waals surface area contributed by atoms with Crippen LogP contribution in [0.4, 0.5) is 0 Å². The van der Waals surface area contributed by atoms with Gasteiger partial charge in [0, 0.05) is 18.0 Å². The zero-order valence-electron chi connectivity index (χ0n) is 15.2. The number of piperidine rings is 1. The summed E-state index contributed by atoms with van der Waals surface area (Å²) in [5.41, 5.74) is 4.77. The van der Waals surface area contributed by atoms with E-state index < -0.39 is 0 Å². The van der Waals surface area contributed by atoms with Crippen LogP contribution in [-0.4, -0.2) is 23.8 Å². The number of hydrogen-bond donors (Lipinski definition) is 0. The van der Waals surface area contributed by atoms with Crippen molar-refractivity contribution in [1.29, 1.82) is 0 Å². The fraction of sp³-hybridized carbons (Fsp3) is 0.348. The molecule has 0 radical (unpaired) electrons. The van der Waals surface area contributed by atoms with E-state index in [9.17, 15) is 4.79 Å². The minimum atomic E-state index is -0.00576. The van der Waals surface area contributed by atoms with Crippen LogP contribution in [0, 0.1) is 5.92 Å². The number of hydrogen-bond acceptors (Lipinski definition) is 3. The van der Waals surface area contributed by atoms with Gasteiger partial charge in [-0.25, -0.2) is 0 Å². The summed E-state index contributed by atoms with van der Waals surface area (Å²) in [7, 11) is 0. The second kappa shape index (κ2) is 7.46. The van der Waals surface area contributed by atoms with Crippen LogP contribution in [0.25, 0.3) is 11.1 Å². The lowest BCUT2D eigenvalue weighted by molar-refractivity contribution is -0.120. The third-order valence-electron chi connectivity index (χ3n) is 5.70. The maximum Gasteiger partial charge on any atom is 0.137 e. The van der Waals surface area contributed by atoms with Crippen molar-refractivity contribution in [3.63, 3.8) is 0 Å². The number of carbonyl (C=O) groups excluding carboxylic acids is 1. The third-order valence-corrected chi connectivity index (χ3v) is 5.70. The number of Topliss-reactive ketones (excluding diaryl/α,β-unsaturated/α-hetero) is 1.